The smallest absolute Gasteiger partial charge is 0.160 e. The normalized spacial score (nSPS) is 11.5. The lowest BCUT2D eigenvalue weighted by atomic mass is 10.00. The van der Waals surface area contributed by atoms with E-state index in [1.807, 2.05) is 36.4 Å². The SMILES string of the molecule is c1ccc(-c2cc(-c3ccc(-c4cccc(-n5c6ccc7ccccc7c6c6c7ccccc7ccc65)c4)cc3)nc(-c3ccccc3)n2)cc1. The molecule has 0 aliphatic rings. The van der Waals surface area contributed by atoms with Gasteiger partial charge in [0.2, 0.25) is 0 Å². The molecule has 8 aromatic carbocycles. The molecule has 3 heteroatoms. The van der Waals surface area contributed by atoms with Crippen molar-refractivity contribution in [1.29, 1.82) is 0 Å². The summed E-state index contributed by atoms with van der Waals surface area (Å²) < 4.78 is 2.43. The van der Waals surface area contributed by atoms with Crippen LogP contribution in [0.2, 0.25) is 0 Å². The number of rotatable bonds is 5. The van der Waals surface area contributed by atoms with Crippen LogP contribution >= 0.6 is 0 Å². The second kappa shape index (κ2) is 11.9. The Morgan fingerprint density at radius 1 is 0.333 bits per heavy atom. The first kappa shape index (κ1) is 29.1. The minimum atomic E-state index is 0.718. The predicted octanol–water partition coefficient (Wildman–Crippen LogP) is 12.5. The fourth-order valence-corrected chi connectivity index (χ4v) is 7.55. The highest BCUT2D eigenvalue weighted by atomic mass is 15.0. The molecule has 0 bridgehead atoms. The fraction of sp³-hybridized carbons (Fsp3) is 0. The van der Waals surface area contributed by atoms with E-state index in [0.717, 1.165) is 50.7 Å². The van der Waals surface area contributed by atoms with Crippen LogP contribution in [0.25, 0.3) is 94.1 Å². The van der Waals surface area contributed by atoms with Gasteiger partial charge in [-0.25, -0.2) is 9.97 Å². The number of hydrogen-bond donors (Lipinski definition) is 0. The summed E-state index contributed by atoms with van der Waals surface area (Å²) >= 11 is 0. The lowest BCUT2D eigenvalue weighted by molar-refractivity contribution is 1.18. The summed E-state index contributed by atoms with van der Waals surface area (Å²) in [6.07, 6.45) is 0. The van der Waals surface area contributed by atoms with Crippen molar-refractivity contribution in [1.82, 2.24) is 14.5 Å². The van der Waals surface area contributed by atoms with E-state index >= 15 is 0 Å². The van der Waals surface area contributed by atoms with E-state index in [0.29, 0.717) is 0 Å². The highest BCUT2D eigenvalue weighted by Crippen LogP contribution is 2.41. The summed E-state index contributed by atoms with van der Waals surface area (Å²) in [6.45, 7) is 0. The van der Waals surface area contributed by atoms with Crippen molar-refractivity contribution in [3.05, 3.63) is 188 Å². The second-order valence-corrected chi connectivity index (χ2v) is 13.0. The number of benzene rings is 8. The van der Waals surface area contributed by atoms with Gasteiger partial charge in [0.15, 0.2) is 5.82 Å². The van der Waals surface area contributed by atoms with Gasteiger partial charge in [0.1, 0.15) is 0 Å². The molecule has 238 valence electrons. The van der Waals surface area contributed by atoms with Gasteiger partial charge in [-0.15, -0.1) is 0 Å². The largest absolute Gasteiger partial charge is 0.309 e. The topological polar surface area (TPSA) is 30.7 Å². The molecule has 0 spiro atoms. The zero-order valence-corrected chi connectivity index (χ0v) is 27.7. The van der Waals surface area contributed by atoms with E-state index in [9.17, 15) is 0 Å². The molecule has 0 fully saturated rings. The maximum absolute atomic E-state index is 5.04. The number of aromatic nitrogens is 3. The average molecular weight is 650 g/mol. The van der Waals surface area contributed by atoms with Gasteiger partial charge in [-0.05, 0) is 63.0 Å². The van der Waals surface area contributed by atoms with Gasteiger partial charge >= 0.3 is 0 Å². The molecule has 0 atom stereocenters. The molecule has 10 aromatic rings. The summed E-state index contributed by atoms with van der Waals surface area (Å²) in [5.41, 5.74) is 10.8. The molecule has 0 radical (unpaired) electrons. The standard InChI is InChI=1S/C48H31N3/c1-3-14-35(15-4-1)42-31-43(50-48(49-42)37-16-5-2-6-17-37)36-24-22-32(23-25-36)38-18-11-19-39(30-38)51-44-28-26-33-12-7-9-20-40(33)46(44)47-41-21-10-8-13-34(41)27-29-45(47)51/h1-31H. The number of nitrogens with zero attached hydrogens (tertiary/aromatic N) is 3. The summed E-state index contributed by atoms with van der Waals surface area (Å²) in [5.74, 6) is 0.718. The van der Waals surface area contributed by atoms with E-state index < -0.39 is 0 Å². The molecule has 3 nitrogen and oxygen atoms in total. The molecule has 0 amide bonds. The first-order chi connectivity index (χ1) is 25.3. The van der Waals surface area contributed by atoms with Gasteiger partial charge in [0.05, 0.1) is 22.4 Å². The molecular formula is C48H31N3. The second-order valence-electron chi connectivity index (χ2n) is 13.0. The van der Waals surface area contributed by atoms with Crippen molar-refractivity contribution in [2.75, 3.05) is 0 Å². The van der Waals surface area contributed by atoms with E-state index in [1.165, 1.54) is 43.4 Å². The van der Waals surface area contributed by atoms with E-state index in [1.54, 1.807) is 0 Å². The molecular weight excluding hydrogens is 619 g/mol. The molecule has 2 aromatic heterocycles. The van der Waals surface area contributed by atoms with Crippen LogP contribution in [-0.4, -0.2) is 14.5 Å². The van der Waals surface area contributed by atoms with Crippen LogP contribution in [0.3, 0.4) is 0 Å². The average Bonchev–Trinajstić information content (AvgIpc) is 3.57. The van der Waals surface area contributed by atoms with Crippen LogP contribution in [0.15, 0.2) is 188 Å². The van der Waals surface area contributed by atoms with Crippen LogP contribution in [0, 0.1) is 0 Å². The Bertz CT molecular complexity index is 2740. The van der Waals surface area contributed by atoms with Crippen molar-refractivity contribution in [3.8, 4) is 50.7 Å². The predicted molar refractivity (Wildman–Crippen MR) is 213 cm³/mol. The lowest BCUT2D eigenvalue weighted by Crippen LogP contribution is -1.96. The van der Waals surface area contributed by atoms with Crippen molar-refractivity contribution in [2.45, 2.75) is 0 Å². The molecule has 2 heterocycles. The summed E-state index contributed by atoms with van der Waals surface area (Å²) in [5, 5.41) is 7.64. The molecule has 0 aliphatic carbocycles. The summed E-state index contributed by atoms with van der Waals surface area (Å²) in [6, 6.07) is 66.8. The van der Waals surface area contributed by atoms with E-state index in [4.69, 9.17) is 9.97 Å². The minimum Gasteiger partial charge on any atom is -0.309 e. The molecule has 51 heavy (non-hydrogen) atoms. The monoisotopic (exact) mass is 649 g/mol. The van der Waals surface area contributed by atoms with Crippen LogP contribution in [-0.2, 0) is 0 Å². The molecule has 10 rings (SSSR count). The third-order valence-corrected chi connectivity index (χ3v) is 9.99. The minimum absolute atomic E-state index is 0.718. The molecule has 0 saturated heterocycles. The Labute approximate surface area is 295 Å². The molecule has 0 saturated carbocycles. The van der Waals surface area contributed by atoms with Gasteiger partial charge in [0.25, 0.3) is 0 Å². The van der Waals surface area contributed by atoms with Crippen molar-refractivity contribution >= 4 is 43.4 Å². The van der Waals surface area contributed by atoms with Crippen LogP contribution < -0.4 is 0 Å². The summed E-state index contributed by atoms with van der Waals surface area (Å²) in [7, 11) is 0. The van der Waals surface area contributed by atoms with Gasteiger partial charge in [0, 0.05) is 33.2 Å². The maximum atomic E-state index is 5.04. The highest BCUT2D eigenvalue weighted by Gasteiger charge is 2.18. The summed E-state index contributed by atoms with van der Waals surface area (Å²) in [4.78, 5) is 10.00. The van der Waals surface area contributed by atoms with E-state index in [2.05, 4.69) is 156 Å². The highest BCUT2D eigenvalue weighted by molar-refractivity contribution is 6.28. The Morgan fingerprint density at radius 2 is 0.824 bits per heavy atom. The maximum Gasteiger partial charge on any atom is 0.160 e. The van der Waals surface area contributed by atoms with Crippen molar-refractivity contribution in [2.24, 2.45) is 0 Å². The van der Waals surface area contributed by atoms with Crippen LogP contribution in [0.4, 0.5) is 0 Å². The third-order valence-electron chi connectivity index (χ3n) is 9.99. The fourth-order valence-electron chi connectivity index (χ4n) is 7.55. The lowest BCUT2D eigenvalue weighted by Gasteiger charge is -2.12. The Morgan fingerprint density at radius 3 is 1.43 bits per heavy atom. The number of fused-ring (bicyclic) bond motifs is 7. The molecule has 0 unspecified atom stereocenters. The van der Waals surface area contributed by atoms with Gasteiger partial charge in [-0.1, -0.05) is 158 Å². The molecule has 0 N–H and O–H groups in total. The van der Waals surface area contributed by atoms with Crippen LogP contribution in [0.5, 0.6) is 0 Å². The van der Waals surface area contributed by atoms with E-state index in [-0.39, 0.29) is 0 Å². The first-order valence-corrected chi connectivity index (χ1v) is 17.3. The Kier molecular flexibility index (Phi) is 6.81. The van der Waals surface area contributed by atoms with Gasteiger partial charge < -0.3 is 4.57 Å². The molecule has 0 aliphatic heterocycles. The van der Waals surface area contributed by atoms with Gasteiger partial charge in [-0.2, -0.15) is 0 Å². The first-order valence-electron chi connectivity index (χ1n) is 17.3. The third kappa shape index (κ3) is 4.98. The van der Waals surface area contributed by atoms with Crippen LogP contribution in [0.1, 0.15) is 0 Å². The zero-order valence-electron chi connectivity index (χ0n) is 27.7. The van der Waals surface area contributed by atoms with Gasteiger partial charge in [-0.3, -0.25) is 0 Å². The Hall–Kier alpha value is -6.84. The Balaban J connectivity index is 1.09. The zero-order chi connectivity index (χ0) is 33.7. The number of hydrogen-bond acceptors (Lipinski definition) is 2. The van der Waals surface area contributed by atoms with Crippen molar-refractivity contribution < 1.29 is 0 Å². The van der Waals surface area contributed by atoms with Crippen molar-refractivity contribution in [3.63, 3.8) is 0 Å². The quantitative estimate of drug-likeness (QED) is 0.186.